The van der Waals surface area contributed by atoms with Crippen LogP contribution < -0.4 is 18.9 Å². The van der Waals surface area contributed by atoms with Gasteiger partial charge in [0.2, 0.25) is 13.6 Å². The van der Waals surface area contributed by atoms with Crippen LogP contribution in [0.25, 0.3) is 0 Å². The summed E-state index contributed by atoms with van der Waals surface area (Å²) in [5, 5.41) is 0. The highest BCUT2D eigenvalue weighted by Crippen LogP contribution is 2.38. The molecule has 0 unspecified atom stereocenters. The lowest BCUT2D eigenvalue weighted by molar-refractivity contribution is 0.0992. The first-order valence-corrected chi connectivity index (χ1v) is 7.51. The second kappa shape index (κ2) is 5.21. The second-order valence-corrected chi connectivity index (χ2v) is 5.83. The molecule has 0 saturated heterocycles. The lowest BCUT2D eigenvalue weighted by Gasteiger charge is -2.06. The van der Waals surface area contributed by atoms with Gasteiger partial charge in [0.25, 0.3) is 0 Å². The monoisotopic (exact) mass is 362 g/mol. The zero-order valence-electron chi connectivity index (χ0n) is 11.4. The van der Waals surface area contributed by atoms with Crippen LogP contribution in [0, 0.1) is 0 Å². The summed E-state index contributed by atoms with van der Waals surface area (Å²) in [6.07, 6.45) is 0.273. The molecule has 2 aliphatic heterocycles. The number of hydrogen-bond acceptors (Lipinski definition) is 5. The molecule has 0 aromatic heterocycles. The van der Waals surface area contributed by atoms with Gasteiger partial charge in [-0.05, 0) is 45.8 Å². The topological polar surface area (TPSA) is 54.0 Å². The zero-order valence-corrected chi connectivity index (χ0v) is 13.0. The summed E-state index contributed by atoms with van der Waals surface area (Å²) in [4.78, 5) is 12.5. The Kier molecular flexibility index (Phi) is 3.18. The summed E-state index contributed by atoms with van der Waals surface area (Å²) in [5.41, 5.74) is 1.45. The summed E-state index contributed by atoms with van der Waals surface area (Å²) in [7, 11) is 0. The number of fused-ring (bicyclic) bond motifs is 2. The number of ketones is 1. The van der Waals surface area contributed by atoms with E-state index in [0.29, 0.717) is 33.0 Å². The lowest BCUT2D eigenvalue weighted by Crippen LogP contribution is -2.04. The van der Waals surface area contributed by atoms with E-state index in [-0.39, 0.29) is 25.8 Å². The third-order valence-corrected chi connectivity index (χ3v) is 4.22. The van der Waals surface area contributed by atoms with E-state index >= 15 is 0 Å². The van der Waals surface area contributed by atoms with Gasteiger partial charge in [0.05, 0.1) is 0 Å². The number of ether oxygens (including phenoxy) is 4. The summed E-state index contributed by atoms with van der Waals surface area (Å²) >= 11 is 3.41. The van der Waals surface area contributed by atoms with Crippen LogP contribution >= 0.6 is 15.9 Å². The lowest BCUT2D eigenvalue weighted by atomic mass is 10.0. The van der Waals surface area contributed by atoms with Crippen LogP contribution in [0.15, 0.2) is 34.8 Å². The number of rotatable bonds is 3. The van der Waals surface area contributed by atoms with Crippen molar-refractivity contribution in [2.24, 2.45) is 0 Å². The Hall–Kier alpha value is -2.21. The molecule has 2 aromatic rings. The van der Waals surface area contributed by atoms with Crippen LogP contribution in [0.1, 0.15) is 15.9 Å². The smallest absolute Gasteiger partial charge is 0.231 e. The van der Waals surface area contributed by atoms with Crippen molar-refractivity contribution in [2.45, 2.75) is 6.42 Å². The van der Waals surface area contributed by atoms with E-state index in [1.165, 1.54) is 0 Å². The van der Waals surface area contributed by atoms with Crippen molar-refractivity contribution < 1.29 is 23.7 Å². The molecular formula is C16H11BrO5. The van der Waals surface area contributed by atoms with Crippen LogP contribution in [0.5, 0.6) is 23.0 Å². The molecule has 0 spiro atoms. The third-order valence-electron chi connectivity index (χ3n) is 3.56. The van der Waals surface area contributed by atoms with Crippen LogP contribution in [0.4, 0.5) is 0 Å². The van der Waals surface area contributed by atoms with E-state index in [1.54, 1.807) is 12.1 Å². The molecule has 0 amide bonds. The molecule has 2 aliphatic rings. The quantitative estimate of drug-likeness (QED) is 0.783. The summed E-state index contributed by atoms with van der Waals surface area (Å²) < 4.78 is 21.9. The fourth-order valence-corrected chi connectivity index (χ4v) is 3.01. The average molecular weight is 363 g/mol. The van der Waals surface area contributed by atoms with Gasteiger partial charge in [-0.1, -0.05) is 6.07 Å². The number of Topliss-reactive ketones (excluding diaryl/α,β-unsaturated/α-hetero) is 1. The van der Waals surface area contributed by atoms with Crippen molar-refractivity contribution in [3.63, 3.8) is 0 Å². The number of halogens is 1. The molecule has 22 heavy (non-hydrogen) atoms. The molecule has 4 rings (SSSR count). The largest absolute Gasteiger partial charge is 0.454 e. The molecule has 0 radical (unpaired) electrons. The van der Waals surface area contributed by atoms with Gasteiger partial charge in [-0.25, -0.2) is 0 Å². The van der Waals surface area contributed by atoms with Gasteiger partial charge in [-0.2, -0.15) is 0 Å². The fourth-order valence-electron chi connectivity index (χ4n) is 2.46. The van der Waals surface area contributed by atoms with Gasteiger partial charge >= 0.3 is 0 Å². The maximum Gasteiger partial charge on any atom is 0.231 e. The van der Waals surface area contributed by atoms with Crippen LogP contribution in [0.3, 0.4) is 0 Å². The first kappa shape index (κ1) is 13.5. The molecule has 6 heteroatoms. The van der Waals surface area contributed by atoms with Crippen molar-refractivity contribution in [2.75, 3.05) is 13.6 Å². The first-order valence-electron chi connectivity index (χ1n) is 6.71. The molecule has 0 atom stereocenters. The standard InChI is InChI=1S/C16H11BrO5/c17-11-6-16-15(21-8-22-16)5-10(11)12(18)3-9-1-2-13-14(4-9)20-7-19-13/h1-2,4-6H,3,7-8H2. The molecule has 2 heterocycles. The van der Waals surface area contributed by atoms with Crippen molar-refractivity contribution in [1.29, 1.82) is 0 Å². The van der Waals surface area contributed by atoms with Gasteiger partial charge in [0.15, 0.2) is 28.8 Å². The van der Waals surface area contributed by atoms with E-state index in [4.69, 9.17) is 18.9 Å². The zero-order chi connectivity index (χ0) is 15.1. The third kappa shape index (κ3) is 2.29. The van der Waals surface area contributed by atoms with Crippen LogP contribution in [-0.2, 0) is 6.42 Å². The summed E-state index contributed by atoms with van der Waals surface area (Å²) in [5.74, 6) is 2.61. The Morgan fingerprint density at radius 1 is 0.909 bits per heavy atom. The molecule has 2 aromatic carbocycles. The van der Waals surface area contributed by atoms with Crippen LogP contribution in [0.2, 0.25) is 0 Å². The number of benzene rings is 2. The number of hydrogen-bond donors (Lipinski definition) is 0. The number of carbonyl (C=O) groups is 1. The van der Waals surface area contributed by atoms with E-state index < -0.39 is 0 Å². The van der Waals surface area contributed by atoms with Crippen molar-refractivity contribution in [1.82, 2.24) is 0 Å². The van der Waals surface area contributed by atoms with Gasteiger partial charge in [0.1, 0.15) is 0 Å². The maximum atomic E-state index is 12.5. The minimum Gasteiger partial charge on any atom is -0.454 e. The molecule has 0 bridgehead atoms. The molecule has 0 fully saturated rings. The van der Waals surface area contributed by atoms with Crippen molar-refractivity contribution in [3.05, 3.63) is 45.9 Å². The predicted octanol–water partition coefficient (Wildman–Crippen LogP) is 3.33. The highest BCUT2D eigenvalue weighted by molar-refractivity contribution is 9.10. The minimum atomic E-state index is -0.0101. The SMILES string of the molecule is O=C(Cc1ccc2c(c1)OCO2)c1cc2c(cc1Br)OCO2. The molecule has 0 N–H and O–H groups in total. The Bertz CT molecular complexity index is 771. The average Bonchev–Trinajstić information content (AvgIpc) is 3.13. The normalized spacial score (nSPS) is 14.2. The van der Waals surface area contributed by atoms with Crippen molar-refractivity contribution in [3.8, 4) is 23.0 Å². The van der Waals surface area contributed by atoms with Crippen LogP contribution in [-0.4, -0.2) is 19.4 Å². The second-order valence-electron chi connectivity index (χ2n) is 4.97. The fraction of sp³-hybridized carbons (Fsp3) is 0.188. The van der Waals surface area contributed by atoms with E-state index in [0.717, 1.165) is 5.56 Å². The highest BCUT2D eigenvalue weighted by atomic mass is 79.9. The number of carbonyl (C=O) groups excluding carboxylic acids is 1. The summed E-state index contributed by atoms with van der Waals surface area (Å²) in [6, 6.07) is 8.99. The van der Waals surface area contributed by atoms with E-state index in [9.17, 15) is 4.79 Å². The molecule has 0 aliphatic carbocycles. The van der Waals surface area contributed by atoms with Crippen molar-refractivity contribution >= 4 is 21.7 Å². The van der Waals surface area contributed by atoms with Gasteiger partial charge in [-0.15, -0.1) is 0 Å². The van der Waals surface area contributed by atoms with E-state index in [1.807, 2.05) is 18.2 Å². The summed E-state index contributed by atoms with van der Waals surface area (Å²) in [6.45, 7) is 0.405. The Morgan fingerprint density at radius 3 is 2.32 bits per heavy atom. The maximum absolute atomic E-state index is 12.5. The van der Waals surface area contributed by atoms with Gasteiger partial charge in [-0.3, -0.25) is 4.79 Å². The molecule has 112 valence electrons. The molecule has 5 nitrogen and oxygen atoms in total. The Labute approximate surface area is 134 Å². The first-order chi connectivity index (χ1) is 10.7. The molecule has 0 saturated carbocycles. The van der Waals surface area contributed by atoms with Gasteiger partial charge in [0, 0.05) is 16.5 Å². The Morgan fingerprint density at radius 2 is 1.55 bits per heavy atom. The molecular weight excluding hydrogens is 352 g/mol. The Balaban J connectivity index is 1.60. The highest BCUT2D eigenvalue weighted by Gasteiger charge is 2.21. The van der Waals surface area contributed by atoms with E-state index in [2.05, 4.69) is 15.9 Å². The minimum absolute atomic E-state index is 0.0101. The van der Waals surface area contributed by atoms with Gasteiger partial charge < -0.3 is 18.9 Å². The predicted molar refractivity (Wildman–Crippen MR) is 80.9 cm³/mol.